The third kappa shape index (κ3) is 4.84. The molecule has 2 fully saturated rings. The van der Waals surface area contributed by atoms with Crippen LogP contribution in [0.15, 0.2) is 48.5 Å². The molecule has 5 heteroatoms. The van der Waals surface area contributed by atoms with Crippen molar-refractivity contribution in [2.75, 3.05) is 10.6 Å². The van der Waals surface area contributed by atoms with Crippen LogP contribution in [0.25, 0.3) is 0 Å². The van der Waals surface area contributed by atoms with Crippen molar-refractivity contribution >= 4 is 23.2 Å². The lowest BCUT2D eigenvalue weighted by Crippen LogP contribution is -2.50. The van der Waals surface area contributed by atoms with Crippen LogP contribution in [0, 0.1) is 0 Å². The fourth-order valence-electron chi connectivity index (χ4n) is 4.36. The van der Waals surface area contributed by atoms with E-state index in [1.807, 2.05) is 42.5 Å². The second kappa shape index (κ2) is 8.90. The highest BCUT2D eigenvalue weighted by Gasteiger charge is 2.33. The van der Waals surface area contributed by atoms with Crippen LogP contribution in [0.5, 0.6) is 0 Å². The van der Waals surface area contributed by atoms with E-state index < -0.39 is 0 Å². The summed E-state index contributed by atoms with van der Waals surface area (Å²) in [5.41, 5.74) is 2.44. The van der Waals surface area contributed by atoms with E-state index in [9.17, 15) is 9.59 Å². The largest absolute Gasteiger partial charge is 0.382 e. The summed E-state index contributed by atoms with van der Waals surface area (Å²) in [5.74, 6) is -0.320. The van der Waals surface area contributed by atoms with Crippen molar-refractivity contribution < 1.29 is 9.59 Å². The van der Waals surface area contributed by atoms with Gasteiger partial charge in [-0.3, -0.25) is 9.59 Å². The zero-order chi connectivity index (χ0) is 21.0. The van der Waals surface area contributed by atoms with Gasteiger partial charge in [-0.25, -0.2) is 0 Å². The first kappa shape index (κ1) is 20.5. The number of benzene rings is 2. The SMILES string of the molecule is CC1(NC(=O)c2ccc(NC3CCCCC3)c(C(=O)Nc3ccccc3)c2)CCC1. The predicted molar refractivity (Wildman–Crippen MR) is 121 cm³/mol. The minimum absolute atomic E-state index is 0.116. The van der Waals surface area contributed by atoms with Gasteiger partial charge >= 0.3 is 0 Å². The van der Waals surface area contributed by atoms with Crippen LogP contribution in [-0.2, 0) is 0 Å². The summed E-state index contributed by atoms with van der Waals surface area (Å²) < 4.78 is 0. The first-order chi connectivity index (χ1) is 14.5. The van der Waals surface area contributed by atoms with Gasteiger partial charge in [0, 0.05) is 28.5 Å². The highest BCUT2D eigenvalue weighted by Crippen LogP contribution is 2.31. The van der Waals surface area contributed by atoms with Gasteiger partial charge in [0.15, 0.2) is 0 Å². The Balaban J connectivity index is 1.58. The van der Waals surface area contributed by atoms with Crippen molar-refractivity contribution in [2.45, 2.75) is 69.9 Å². The Kier molecular flexibility index (Phi) is 6.07. The van der Waals surface area contributed by atoms with E-state index >= 15 is 0 Å². The summed E-state index contributed by atoms with van der Waals surface area (Å²) in [6, 6.07) is 15.2. The van der Waals surface area contributed by atoms with Crippen molar-refractivity contribution in [3.8, 4) is 0 Å². The summed E-state index contributed by atoms with van der Waals surface area (Å²) in [7, 11) is 0. The molecule has 2 aromatic carbocycles. The number of anilines is 2. The van der Waals surface area contributed by atoms with Crippen molar-refractivity contribution in [2.24, 2.45) is 0 Å². The van der Waals surface area contributed by atoms with Crippen LogP contribution in [0.2, 0.25) is 0 Å². The molecular formula is C25H31N3O2. The van der Waals surface area contributed by atoms with Crippen molar-refractivity contribution in [1.82, 2.24) is 5.32 Å². The van der Waals surface area contributed by atoms with Gasteiger partial charge in [0.25, 0.3) is 11.8 Å². The van der Waals surface area contributed by atoms with Gasteiger partial charge in [0.05, 0.1) is 5.56 Å². The van der Waals surface area contributed by atoms with Crippen LogP contribution in [0.1, 0.15) is 79.0 Å². The Labute approximate surface area is 178 Å². The van der Waals surface area contributed by atoms with E-state index in [4.69, 9.17) is 0 Å². The molecule has 5 nitrogen and oxygen atoms in total. The summed E-state index contributed by atoms with van der Waals surface area (Å²) in [6.45, 7) is 2.08. The second-order valence-corrected chi connectivity index (χ2v) is 8.93. The number of hydrogen-bond acceptors (Lipinski definition) is 3. The number of carbonyl (C=O) groups is 2. The molecule has 158 valence electrons. The molecule has 0 heterocycles. The zero-order valence-electron chi connectivity index (χ0n) is 17.7. The van der Waals surface area contributed by atoms with E-state index in [1.165, 1.54) is 19.3 Å². The number of rotatable bonds is 6. The van der Waals surface area contributed by atoms with Crippen LogP contribution < -0.4 is 16.0 Å². The fourth-order valence-corrected chi connectivity index (χ4v) is 4.36. The minimum atomic E-state index is -0.205. The normalized spacial score (nSPS) is 18.2. The van der Waals surface area contributed by atoms with Gasteiger partial charge < -0.3 is 16.0 Å². The number of nitrogens with one attached hydrogen (secondary N) is 3. The molecule has 2 aliphatic carbocycles. The number of carbonyl (C=O) groups excluding carboxylic acids is 2. The van der Waals surface area contributed by atoms with E-state index in [2.05, 4.69) is 22.9 Å². The standard InChI is InChI=1S/C25H31N3O2/c1-25(15-8-16-25)28-23(29)18-13-14-22(26-19-9-4-2-5-10-19)21(17-18)24(30)27-20-11-6-3-7-12-20/h3,6-7,11-14,17,19,26H,2,4-5,8-10,15-16H2,1H3,(H,27,30)(H,28,29). The summed E-state index contributed by atoms with van der Waals surface area (Å²) in [6.07, 6.45) is 9.07. The third-order valence-electron chi connectivity index (χ3n) is 6.40. The maximum absolute atomic E-state index is 13.1. The Bertz CT molecular complexity index is 900. The maximum atomic E-state index is 13.1. The number of para-hydroxylation sites is 1. The van der Waals surface area contributed by atoms with Crippen LogP contribution in [-0.4, -0.2) is 23.4 Å². The van der Waals surface area contributed by atoms with Gasteiger partial charge in [-0.05, 0) is 69.4 Å². The molecule has 2 amide bonds. The lowest BCUT2D eigenvalue weighted by atomic mass is 9.78. The summed E-state index contributed by atoms with van der Waals surface area (Å²) >= 11 is 0. The molecular weight excluding hydrogens is 374 g/mol. The molecule has 0 bridgehead atoms. The second-order valence-electron chi connectivity index (χ2n) is 8.93. The van der Waals surface area contributed by atoms with E-state index in [1.54, 1.807) is 6.07 Å². The Hall–Kier alpha value is -2.82. The van der Waals surface area contributed by atoms with E-state index in [0.29, 0.717) is 17.2 Å². The average Bonchev–Trinajstić information content (AvgIpc) is 2.74. The van der Waals surface area contributed by atoms with Crippen LogP contribution >= 0.6 is 0 Å². The quantitative estimate of drug-likeness (QED) is 0.606. The first-order valence-electron chi connectivity index (χ1n) is 11.1. The maximum Gasteiger partial charge on any atom is 0.257 e. The molecule has 0 atom stereocenters. The Morgan fingerprint density at radius 2 is 1.63 bits per heavy atom. The molecule has 0 unspecified atom stereocenters. The minimum Gasteiger partial charge on any atom is -0.382 e. The monoisotopic (exact) mass is 405 g/mol. The number of hydrogen-bond donors (Lipinski definition) is 3. The molecule has 0 spiro atoms. The molecule has 30 heavy (non-hydrogen) atoms. The highest BCUT2D eigenvalue weighted by molar-refractivity contribution is 6.09. The molecule has 0 radical (unpaired) electrons. The van der Waals surface area contributed by atoms with Gasteiger partial charge in [-0.1, -0.05) is 37.5 Å². The van der Waals surface area contributed by atoms with Gasteiger partial charge in [-0.2, -0.15) is 0 Å². The molecule has 2 saturated carbocycles. The fraction of sp³-hybridized carbons (Fsp3) is 0.440. The topological polar surface area (TPSA) is 70.2 Å². The lowest BCUT2D eigenvalue weighted by Gasteiger charge is -2.39. The molecule has 0 aromatic heterocycles. The van der Waals surface area contributed by atoms with Gasteiger partial charge in [0.1, 0.15) is 0 Å². The van der Waals surface area contributed by atoms with Crippen molar-refractivity contribution in [3.05, 3.63) is 59.7 Å². The predicted octanol–water partition coefficient (Wildman–Crippen LogP) is 5.36. The number of amides is 2. The zero-order valence-corrected chi connectivity index (χ0v) is 17.7. The molecule has 0 saturated heterocycles. The molecule has 4 rings (SSSR count). The highest BCUT2D eigenvalue weighted by atomic mass is 16.2. The van der Waals surface area contributed by atoms with Crippen molar-refractivity contribution in [3.63, 3.8) is 0 Å². The summed E-state index contributed by atoms with van der Waals surface area (Å²) in [4.78, 5) is 25.9. The molecule has 3 N–H and O–H groups in total. The Morgan fingerprint density at radius 3 is 2.30 bits per heavy atom. The third-order valence-corrected chi connectivity index (χ3v) is 6.40. The molecule has 2 aliphatic rings. The van der Waals surface area contributed by atoms with E-state index in [0.717, 1.165) is 43.5 Å². The molecule has 0 aliphatic heterocycles. The van der Waals surface area contributed by atoms with Gasteiger partial charge in [-0.15, -0.1) is 0 Å². The molecule has 2 aromatic rings. The van der Waals surface area contributed by atoms with Crippen molar-refractivity contribution in [1.29, 1.82) is 0 Å². The van der Waals surface area contributed by atoms with Gasteiger partial charge in [0.2, 0.25) is 0 Å². The van der Waals surface area contributed by atoms with E-state index in [-0.39, 0.29) is 17.4 Å². The van der Waals surface area contributed by atoms with Crippen LogP contribution in [0.4, 0.5) is 11.4 Å². The Morgan fingerprint density at radius 1 is 0.900 bits per heavy atom. The van der Waals surface area contributed by atoms with Crippen LogP contribution in [0.3, 0.4) is 0 Å². The summed E-state index contributed by atoms with van der Waals surface area (Å²) in [5, 5.41) is 9.66. The average molecular weight is 406 g/mol. The first-order valence-corrected chi connectivity index (χ1v) is 11.1. The lowest BCUT2D eigenvalue weighted by molar-refractivity contribution is 0.0850. The smallest absolute Gasteiger partial charge is 0.257 e.